The van der Waals surface area contributed by atoms with Crippen molar-refractivity contribution < 1.29 is 23.9 Å². The Balaban J connectivity index is 1.78. The highest BCUT2D eigenvalue weighted by atomic mass is 79.9. The van der Waals surface area contributed by atoms with Gasteiger partial charge in [-0.25, -0.2) is 0 Å². The van der Waals surface area contributed by atoms with Gasteiger partial charge in [0, 0.05) is 4.47 Å². The Morgan fingerprint density at radius 3 is 2.64 bits per heavy atom. The number of ether oxygens (including phenoxy) is 2. The minimum absolute atomic E-state index is 0.211. The van der Waals surface area contributed by atoms with Crippen LogP contribution in [0.15, 0.2) is 62.9 Å². The number of thioether (sulfide) groups is 1. The summed E-state index contributed by atoms with van der Waals surface area (Å²) in [4.78, 5) is 38.8. The first-order chi connectivity index (χ1) is 15.8. The van der Waals surface area contributed by atoms with Gasteiger partial charge in [-0.15, -0.1) is 0 Å². The third-order valence-corrected chi connectivity index (χ3v) is 6.49. The largest absolute Gasteiger partial charge is 0.490 e. The molecule has 1 saturated heterocycles. The van der Waals surface area contributed by atoms with Gasteiger partial charge in [0.25, 0.3) is 11.1 Å². The maximum absolute atomic E-state index is 12.8. The van der Waals surface area contributed by atoms with Crippen LogP contribution in [0.4, 0.5) is 10.5 Å². The number of imide groups is 1. The molecule has 3 rings (SSSR count). The molecule has 0 saturated carbocycles. The lowest BCUT2D eigenvalue weighted by Crippen LogP contribution is -2.36. The first kappa shape index (κ1) is 25.1. The standard InChI is InChI=1S/C23H20Br2N2O5S/c1-3-9-32-21-16(25)10-14(11-18(21)31-4-2)12-19-22(29)27(23(30)33-19)13-20(28)26-17-8-6-5-7-15(17)24/h3,5-8,10-12H,1,4,9,13H2,2H3,(H,26,28)/b19-12+. The van der Waals surface area contributed by atoms with Crippen molar-refractivity contribution in [1.29, 1.82) is 0 Å². The fourth-order valence-electron chi connectivity index (χ4n) is 2.90. The third kappa shape index (κ3) is 6.27. The molecule has 1 aliphatic heterocycles. The molecule has 2 aromatic carbocycles. The van der Waals surface area contributed by atoms with Crippen LogP contribution in [0, 0.1) is 0 Å². The summed E-state index contributed by atoms with van der Waals surface area (Å²) in [6.45, 7) is 5.83. The summed E-state index contributed by atoms with van der Waals surface area (Å²) < 4.78 is 12.7. The molecule has 172 valence electrons. The topological polar surface area (TPSA) is 84.9 Å². The zero-order chi connectivity index (χ0) is 24.0. The zero-order valence-corrected chi connectivity index (χ0v) is 21.6. The van der Waals surface area contributed by atoms with Crippen LogP contribution in [-0.4, -0.2) is 41.7 Å². The lowest BCUT2D eigenvalue weighted by atomic mass is 10.2. The Kier molecular flexibility index (Phi) is 8.76. The van der Waals surface area contributed by atoms with E-state index >= 15 is 0 Å². The summed E-state index contributed by atoms with van der Waals surface area (Å²) in [7, 11) is 0. The number of hydrogen-bond donors (Lipinski definition) is 1. The number of halogens is 2. The molecule has 1 fully saturated rings. The number of benzene rings is 2. The van der Waals surface area contributed by atoms with E-state index in [2.05, 4.69) is 43.8 Å². The summed E-state index contributed by atoms with van der Waals surface area (Å²) in [5.41, 5.74) is 1.19. The second-order valence-corrected chi connectivity index (χ2v) is 9.36. The van der Waals surface area contributed by atoms with Crippen LogP contribution in [0.3, 0.4) is 0 Å². The van der Waals surface area contributed by atoms with Crippen molar-refractivity contribution in [1.82, 2.24) is 4.90 Å². The quantitative estimate of drug-likeness (QED) is 0.289. The van der Waals surface area contributed by atoms with E-state index in [0.29, 0.717) is 44.9 Å². The molecular weight excluding hydrogens is 576 g/mol. The molecular formula is C23H20Br2N2O5S. The van der Waals surface area contributed by atoms with E-state index in [1.165, 1.54) is 0 Å². The van der Waals surface area contributed by atoms with E-state index in [4.69, 9.17) is 9.47 Å². The molecule has 0 radical (unpaired) electrons. The fourth-order valence-corrected chi connectivity index (χ4v) is 4.70. The van der Waals surface area contributed by atoms with Crippen molar-refractivity contribution in [3.8, 4) is 11.5 Å². The molecule has 3 amide bonds. The maximum atomic E-state index is 12.8. The summed E-state index contributed by atoms with van der Waals surface area (Å²) in [6, 6.07) is 10.6. The third-order valence-electron chi connectivity index (χ3n) is 4.30. The van der Waals surface area contributed by atoms with Crippen LogP contribution < -0.4 is 14.8 Å². The lowest BCUT2D eigenvalue weighted by molar-refractivity contribution is -0.127. The molecule has 7 nitrogen and oxygen atoms in total. The summed E-state index contributed by atoms with van der Waals surface area (Å²) >= 11 is 7.59. The predicted octanol–water partition coefficient (Wildman–Crippen LogP) is 5.85. The Bertz CT molecular complexity index is 1140. The highest BCUT2D eigenvalue weighted by molar-refractivity contribution is 9.11. The molecule has 1 N–H and O–H groups in total. The van der Waals surface area contributed by atoms with Crippen molar-refractivity contribution in [2.75, 3.05) is 25.1 Å². The van der Waals surface area contributed by atoms with Crippen LogP contribution in [0.2, 0.25) is 0 Å². The van der Waals surface area contributed by atoms with Crippen molar-refractivity contribution in [2.24, 2.45) is 0 Å². The number of hydrogen-bond acceptors (Lipinski definition) is 6. The normalized spacial score (nSPS) is 14.5. The first-order valence-electron chi connectivity index (χ1n) is 9.83. The van der Waals surface area contributed by atoms with Gasteiger partial charge in [-0.3, -0.25) is 19.3 Å². The molecule has 0 spiro atoms. The minimum Gasteiger partial charge on any atom is -0.490 e. The van der Waals surface area contributed by atoms with Crippen molar-refractivity contribution in [3.05, 3.63) is 68.5 Å². The van der Waals surface area contributed by atoms with Gasteiger partial charge in [0.05, 0.1) is 21.7 Å². The predicted molar refractivity (Wildman–Crippen MR) is 136 cm³/mol. The van der Waals surface area contributed by atoms with Gasteiger partial charge < -0.3 is 14.8 Å². The monoisotopic (exact) mass is 594 g/mol. The number of carbonyl (C=O) groups is 3. The van der Waals surface area contributed by atoms with Gasteiger partial charge in [-0.05, 0) is 86.5 Å². The molecule has 10 heteroatoms. The number of anilines is 1. The number of nitrogens with zero attached hydrogens (tertiary/aromatic N) is 1. The summed E-state index contributed by atoms with van der Waals surface area (Å²) in [6.07, 6.45) is 3.21. The summed E-state index contributed by atoms with van der Waals surface area (Å²) in [5.74, 6) is 0.00154. The average Bonchev–Trinajstić information content (AvgIpc) is 3.02. The maximum Gasteiger partial charge on any atom is 0.294 e. The molecule has 0 aromatic heterocycles. The number of para-hydroxylation sites is 1. The van der Waals surface area contributed by atoms with Gasteiger partial charge in [-0.2, -0.15) is 0 Å². The van der Waals surface area contributed by atoms with Crippen LogP contribution in [0.5, 0.6) is 11.5 Å². The van der Waals surface area contributed by atoms with E-state index in [-0.39, 0.29) is 11.4 Å². The molecule has 0 aliphatic carbocycles. The van der Waals surface area contributed by atoms with Crippen LogP contribution in [0.25, 0.3) is 6.08 Å². The zero-order valence-electron chi connectivity index (χ0n) is 17.6. The van der Waals surface area contributed by atoms with E-state index in [0.717, 1.165) is 16.7 Å². The van der Waals surface area contributed by atoms with Crippen molar-refractivity contribution >= 4 is 72.4 Å². The highest BCUT2D eigenvalue weighted by Gasteiger charge is 2.36. The van der Waals surface area contributed by atoms with Gasteiger partial charge in [0.2, 0.25) is 5.91 Å². The molecule has 0 atom stereocenters. The van der Waals surface area contributed by atoms with Gasteiger partial charge in [0.15, 0.2) is 11.5 Å². The first-order valence-corrected chi connectivity index (χ1v) is 12.2. The van der Waals surface area contributed by atoms with Crippen molar-refractivity contribution in [2.45, 2.75) is 6.92 Å². The Morgan fingerprint density at radius 1 is 1.18 bits per heavy atom. The van der Waals surface area contributed by atoms with Crippen LogP contribution in [-0.2, 0) is 9.59 Å². The molecule has 33 heavy (non-hydrogen) atoms. The Labute approximate surface area is 212 Å². The molecule has 0 unspecified atom stereocenters. The SMILES string of the molecule is C=CCOc1c(Br)cc(/C=C2/SC(=O)N(CC(=O)Nc3ccccc3Br)C2=O)cc1OCC. The van der Waals surface area contributed by atoms with E-state index in [9.17, 15) is 14.4 Å². The highest BCUT2D eigenvalue weighted by Crippen LogP contribution is 2.39. The number of rotatable bonds is 9. The van der Waals surface area contributed by atoms with Crippen LogP contribution >= 0.6 is 43.6 Å². The van der Waals surface area contributed by atoms with Crippen molar-refractivity contribution in [3.63, 3.8) is 0 Å². The minimum atomic E-state index is -0.534. The molecule has 1 heterocycles. The Hall–Kier alpha value is -2.56. The summed E-state index contributed by atoms with van der Waals surface area (Å²) in [5, 5.41) is 2.18. The van der Waals surface area contributed by atoms with Crippen LogP contribution in [0.1, 0.15) is 12.5 Å². The number of carbonyl (C=O) groups excluding carboxylic acids is 3. The second kappa shape index (κ2) is 11.5. The van der Waals surface area contributed by atoms with Gasteiger partial charge >= 0.3 is 0 Å². The van der Waals surface area contributed by atoms with Gasteiger partial charge in [-0.1, -0.05) is 24.8 Å². The van der Waals surface area contributed by atoms with Gasteiger partial charge in [0.1, 0.15) is 13.2 Å². The van der Waals surface area contributed by atoms with E-state index in [1.54, 1.807) is 42.5 Å². The molecule has 1 aliphatic rings. The second-order valence-electron chi connectivity index (χ2n) is 6.66. The fraction of sp³-hybridized carbons (Fsp3) is 0.174. The lowest BCUT2D eigenvalue weighted by Gasteiger charge is -2.14. The van der Waals surface area contributed by atoms with E-state index in [1.807, 2.05) is 13.0 Å². The number of amides is 3. The number of nitrogens with one attached hydrogen (secondary N) is 1. The molecule has 2 aromatic rings. The molecule has 0 bridgehead atoms. The average molecular weight is 596 g/mol. The smallest absolute Gasteiger partial charge is 0.294 e. The van der Waals surface area contributed by atoms with E-state index < -0.39 is 17.1 Å². The Morgan fingerprint density at radius 2 is 1.94 bits per heavy atom.